The molecule has 1 saturated heterocycles. The highest BCUT2D eigenvalue weighted by Gasteiger charge is 2.38. The standard InChI is InChI=1S/C18H18FN7O/c19-12-7-21-8-16(12)25-4-3-13-11(18(25)27)5-10(6-22-13)14-1-2-15-17(20)23-9-24-26(14)15/h1-2,5-6,9,12,16,21H,3-4,7-8H2,(H2,20,23,24)/t12-,16+/m0/s1. The summed E-state index contributed by atoms with van der Waals surface area (Å²) in [6.07, 6.45) is 2.70. The van der Waals surface area contributed by atoms with Gasteiger partial charge in [-0.1, -0.05) is 0 Å². The maximum Gasteiger partial charge on any atom is 0.256 e. The topological polar surface area (TPSA) is 101 Å². The number of nitrogen functional groups attached to an aromatic ring is 1. The van der Waals surface area contributed by atoms with Crippen molar-refractivity contribution in [3.63, 3.8) is 0 Å². The molecule has 2 aliphatic rings. The van der Waals surface area contributed by atoms with Crippen molar-refractivity contribution >= 4 is 17.2 Å². The molecule has 3 aromatic heterocycles. The van der Waals surface area contributed by atoms with Crippen LogP contribution in [0.5, 0.6) is 0 Å². The Labute approximate surface area is 154 Å². The molecule has 0 unspecified atom stereocenters. The van der Waals surface area contributed by atoms with E-state index in [0.717, 1.165) is 17.0 Å². The minimum Gasteiger partial charge on any atom is -0.382 e. The van der Waals surface area contributed by atoms with Crippen molar-refractivity contribution in [2.24, 2.45) is 0 Å². The molecular weight excluding hydrogens is 349 g/mol. The fourth-order valence-corrected chi connectivity index (χ4v) is 3.93. The summed E-state index contributed by atoms with van der Waals surface area (Å²) in [6.45, 7) is 1.26. The Kier molecular flexibility index (Phi) is 3.57. The van der Waals surface area contributed by atoms with Gasteiger partial charge in [-0.05, 0) is 18.2 Å². The van der Waals surface area contributed by atoms with Gasteiger partial charge in [0, 0.05) is 37.8 Å². The molecule has 0 aliphatic carbocycles. The summed E-state index contributed by atoms with van der Waals surface area (Å²) in [7, 11) is 0. The van der Waals surface area contributed by atoms with Gasteiger partial charge >= 0.3 is 0 Å². The number of nitrogens with two attached hydrogens (primary N) is 1. The highest BCUT2D eigenvalue weighted by molar-refractivity contribution is 5.97. The Balaban J connectivity index is 1.55. The van der Waals surface area contributed by atoms with Gasteiger partial charge in [0.15, 0.2) is 5.82 Å². The zero-order valence-corrected chi connectivity index (χ0v) is 14.5. The summed E-state index contributed by atoms with van der Waals surface area (Å²) >= 11 is 0. The Morgan fingerprint density at radius 3 is 2.96 bits per heavy atom. The lowest BCUT2D eigenvalue weighted by Gasteiger charge is -2.33. The third-order valence-corrected chi connectivity index (χ3v) is 5.34. The lowest BCUT2D eigenvalue weighted by atomic mass is 9.99. The van der Waals surface area contributed by atoms with Crippen LogP contribution in [0.15, 0.2) is 30.7 Å². The maximum absolute atomic E-state index is 14.1. The lowest BCUT2D eigenvalue weighted by molar-refractivity contribution is 0.0601. The van der Waals surface area contributed by atoms with Crippen molar-refractivity contribution in [3.05, 3.63) is 42.0 Å². The number of hydrogen-bond donors (Lipinski definition) is 2. The van der Waals surface area contributed by atoms with E-state index in [1.54, 1.807) is 15.6 Å². The summed E-state index contributed by atoms with van der Waals surface area (Å²) < 4.78 is 15.8. The van der Waals surface area contributed by atoms with E-state index >= 15 is 0 Å². The van der Waals surface area contributed by atoms with Crippen LogP contribution in [0.25, 0.3) is 16.8 Å². The zero-order chi connectivity index (χ0) is 18.5. The second-order valence-corrected chi connectivity index (χ2v) is 6.87. The third-order valence-electron chi connectivity index (χ3n) is 5.34. The highest BCUT2D eigenvalue weighted by atomic mass is 19.1. The first-order valence-corrected chi connectivity index (χ1v) is 8.87. The first-order chi connectivity index (χ1) is 13.1. The molecule has 8 nitrogen and oxygen atoms in total. The van der Waals surface area contributed by atoms with Crippen LogP contribution in [0.3, 0.4) is 0 Å². The van der Waals surface area contributed by atoms with Crippen molar-refractivity contribution in [1.29, 1.82) is 0 Å². The summed E-state index contributed by atoms with van der Waals surface area (Å²) in [4.78, 5) is 23.1. The van der Waals surface area contributed by atoms with Crippen molar-refractivity contribution in [3.8, 4) is 11.3 Å². The summed E-state index contributed by atoms with van der Waals surface area (Å²) in [5, 5.41) is 7.25. The number of nitrogens with one attached hydrogen (secondary N) is 1. The lowest BCUT2D eigenvalue weighted by Crippen LogP contribution is -2.49. The van der Waals surface area contributed by atoms with Gasteiger partial charge in [-0.15, -0.1) is 0 Å². The molecule has 3 N–H and O–H groups in total. The quantitative estimate of drug-likeness (QED) is 0.691. The predicted octanol–water partition coefficient (Wildman–Crippen LogP) is 0.682. The molecular formula is C18H18FN7O. The fraction of sp³-hybridized carbons (Fsp3) is 0.333. The van der Waals surface area contributed by atoms with Crippen molar-refractivity contribution in [2.45, 2.75) is 18.6 Å². The second-order valence-electron chi connectivity index (χ2n) is 6.87. The van der Waals surface area contributed by atoms with Gasteiger partial charge in [0.05, 0.1) is 23.0 Å². The molecule has 138 valence electrons. The number of alkyl halides is 1. The first-order valence-electron chi connectivity index (χ1n) is 8.87. The van der Waals surface area contributed by atoms with Crippen LogP contribution in [0.2, 0.25) is 0 Å². The van der Waals surface area contributed by atoms with Gasteiger partial charge in [-0.3, -0.25) is 9.78 Å². The number of halogens is 1. The van der Waals surface area contributed by atoms with Gasteiger partial charge < -0.3 is 16.0 Å². The van der Waals surface area contributed by atoms with Crippen LogP contribution in [0.1, 0.15) is 16.1 Å². The van der Waals surface area contributed by atoms with E-state index in [1.807, 2.05) is 18.2 Å². The third kappa shape index (κ3) is 2.46. The molecule has 27 heavy (non-hydrogen) atoms. The van der Waals surface area contributed by atoms with E-state index in [2.05, 4.69) is 20.4 Å². The number of hydrogen-bond acceptors (Lipinski definition) is 6. The monoisotopic (exact) mass is 367 g/mol. The molecule has 0 bridgehead atoms. The number of carbonyl (C=O) groups excluding carboxylic acids is 1. The molecule has 5 rings (SSSR count). The number of pyridine rings is 1. The van der Waals surface area contributed by atoms with Crippen molar-refractivity contribution in [1.82, 2.24) is 29.8 Å². The minimum atomic E-state index is -1.04. The number of amides is 1. The highest BCUT2D eigenvalue weighted by Crippen LogP contribution is 2.28. The molecule has 0 spiro atoms. The number of carbonyl (C=O) groups is 1. The van der Waals surface area contributed by atoms with E-state index in [1.165, 1.54) is 6.33 Å². The molecule has 2 atom stereocenters. The average molecular weight is 367 g/mol. The number of aromatic nitrogens is 4. The summed E-state index contributed by atoms with van der Waals surface area (Å²) in [6, 6.07) is 5.09. The van der Waals surface area contributed by atoms with Crippen LogP contribution >= 0.6 is 0 Å². The van der Waals surface area contributed by atoms with Crippen LogP contribution in [0, 0.1) is 0 Å². The number of fused-ring (bicyclic) bond motifs is 2. The fourth-order valence-electron chi connectivity index (χ4n) is 3.93. The molecule has 0 saturated carbocycles. The van der Waals surface area contributed by atoms with Gasteiger partial charge in [0.25, 0.3) is 5.91 Å². The molecule has 2 aliphatic heterocycles. The Morgan fingerprint density at radius 1 is 1.26 bits per heavy atom. The normalized spacial score (nSPS) is 22.4. The summed E-state index contributed by atoms with van der Waals surface area (Å²) in [5.74, 6) is 0.212. The Bertz CT molecular complexity index is 1050. The van der Waals surface area contributed by atoms with Crippen LogP contribution in [-0.4, -0.2) is 62.2 Å². The molecule has 3 aromatic rings. The van der Waals surface area contributed by atoms with E-state index in [0.29, 0.717) is 36.4 Å². The summed E-state index contributed by atoms with van der Waals surface area (Å²) in [5.41, 5.74) is 9.37. The largest absolute Gasteiger partial charge is 0.382 e. The molecule has 1 fully saturated rings. The van der Waals surface area contributed by atoms with Crippen molar-refractivity contribution in [2.75, 3.05) is 25.4 Å². The van der Waals surface area contributed by atoms with Gasteiger partial charge in [0.1, 0.15) is 18.0 Å². The SMILES string of the molecule is Nc1ncnn2c(-c3cnc4c(c3)C(=O)N([C@@H]3CNC[C@@H]3F)CC4)ccc12. The number of rotatable bonds is 2. The first kappa shape index (κ1) is 16.1. The van der Waals surface area contributed by atoms with Crippen LogP contribution in [0.4, 0.5) is 10.2 Å². The Hall–Kier alpha value is -3.07. The smallest absolute Gasteiger partial charge is 0.256 e. The number of nitrogens with zero attached hydrogens (tertiary/aromatic N) is 5. The van der Waals surface area contributed by atoms with Crippen LogP contribution < -0.4 is 11.1 Å². The van der Waals surface area contributed by atoms with Gasteiger partial charge in [0.2, 0.25) is 0 Å². The van der Waals surface area contributed by atoms with E-state index in [-0.39, 0.29) is 12.5 Å². The second kappa shape index (κ2) is 5.98. The van der Waals surface area contributed by atoms with Crippen molar-refractivity contribution < 1.29 is 9.18 Å². The predicted molar refractivity (Wildman–Crippen MR) is 96.9 cm³/mol. The van der Waals surface area contributed by atoms with Gasteiger partial charge in [-0.2, -0.15) is 5.10 Å². The van der Waals surface area contributed by atoms with E-state index in [4.69, 9.17) is 5.73 Å². The molecule has 5 heterocycles. The molecule has 9 heteroatoms. The van der Waals surface area contributed by atoms with Gasteiger partial charge in [-0.25, -0.2) is 13.9 Å². The van der Waals surface area contributed by atoms with Crippen LogP contribution in [-0.2, 0) is 6.42 Å². The average Bonchev–Trinajstić information content (AvgIpc) is 3.29. The molecule has 0 aromatic carbocycles. The Morgan fingerprint density at radius 2 is 2.15 bits per heavy atom. The zero-order valence-electron chi connectivity index (χ0n) is 14.5. The van der Waals surface area contributed by atoms with E-state index in [9.17, 15) is 9.18 Å². The number of anilines is 1. The molecule has 0 radical (unpaired) electrons. The minimum absolute atomic E-state index is 0.169. The maximum atomic E-state index is 14.1. The molecule has 1 amide bonds. The van der Waals surface area contributed by atoms with E-state index < -0.39 is 12.2 Å².